The van der Waals surface area contributed by atoms with E-state index in [0.29, 0.717) is 5.82 Å². The average Bonchev–Trinajstić information content (AvgIpc) is 3.21. The summed E-state index contributed by atoms with van der Waals surface area (Å²) in [5.74, 6) is 0.671. The van der Waals surface area contributed by atoms with Crippen molar-refractivity contribution in [2.24, 2.45) is 0 Å². The van der Waals surface area contributed by atoms with Crippen LogP contribution in [-0.4, -0.2) is 19.9 Å². The third-order valence-corrected chi connectivity index (χ3v) is 9.36. The van der Waals surface area contributed by atoms with Gasteiger partial charge in [0.2, 0.25) is 0 Å². The minimum atomic E-state index is 0.671. The van der Waals surface area contributed by atoms with Crippen LogP contribution in [0.4, 0.5) is 0 Å². The molecule has 0 atom stereocenters. The van der Waals surface area contributed by atoms with E-state index < -0.39 is 0 Å². The SMILES string of the molecule is Cc1ccc2ccc3c(-c4cccc(-c5nc(-c6ccccc6)cc(-c6ccc(-c7ccccc7)cc6)n5)c4)cc(-c4ccccc4)nc3c2n1. The first kappa shape index (κ1) is 30.3. The van der Waals surface area contributed by atoms with E-state index in [9.17, 15) is 0 Å². The predicted molar refractivity (Wildman–Crippen MR) is 210 cm³/mol. The van der Waals surface area contributed by atoms with Crippen LogP contribution < -0.4 is 0 Å². The molecule has 0 unspecified atom stereocenters. The Kier molecular flexibility index (Phi) is 7.67. The van der Waals surface area contributed by atoms with Crippen molar-refractivity contribution in [2.45, 2.75) is 6.92 Å². The van der Waals surface area contributed by atoms with E-state index in [2.05, 4.69) is 146 Å². The van der Waals surface area contributed by atoms with E-state index in [-0.39, 0.29) is 0 Å². The van der Waals surface area contributed by atoms with E-state index in [4.69, 9.17) is 19.9 Å². The van der Waals surface area contributed by atoms with Gasteiger partial charge in [0.1, 0.15) is 0 Å². The second-order valence-corrected chi connectivity index (χ2v) is 12.8. The minimum absolute atomic E-state index is 0.671. The highest BCUT2D eigenvalue weighted by Crippen LogP contribution is 2.37. The first-order chi connectivity index (χ1) is 25.2. The molecule has 240 valence electrons. The molecule has 0 bridgehead atoms. The molecule has 0 aliphatic carbocycles. The molecule has 0 N–H and O–H groups in total. The minimum Gasteiger partial charge on any atom is -0.251 e. The second kappa shape index (κ2) is 12.9. The smallest absolute Gasteiger partial charge is 0.160 e. The highest BCUT2D eigenvalue weighted by molar-refractivity contribution is 6.09. The fraction of sp³-hybridized carbons (Fsp3) is 0.0213. The summed E-state index contributed by atoms with van der Waals surface area (Å²) >= 11 is 0. The van der Waals surface area contributed by atoms with Gasteiger partial charge in [-0.05, 0) is 53.4 Å². The lowest BCUT2D eigenvalue weighted by molar-refractivity contribution is 1.18. The number of fused-ring (bicyclic) bond motifs is 3. The number of hydrogen-bond donors (Lipinski definition) is 0. The largest absolute Gasteiger partial charge is 0.251 e. The highest BCUT2D eigenvalue weighted by atomic mass is 14.9. The fourth-order valence-corrected chi connectivity index (χ4v) is 6.74. The van der Waals surface area contributed by atoms with Crippen molar-refractivity contribution in [1.82, 2.24) is 19.9 Å². The van der Waals surface area contributed by atoms with Crippen LogP contribution in [0.2, 0.25) is 0 Å². The summed E-state index contributed by atoms with van der Waals surface area (Å²) in [6, 6.07) is 61.0. The van der Waals surface area contributed by atoms with Gasteiger partial charge in [-0.25, -0.2) is 15.0 Å². The second-order valence-electron chi connectivity index (χ2n) is 12.8. The van der Waals surface area contributed by atoms with Gasteiger partial charge in [0.25, 0.3) is 0 Å². The van der Waals surface area contributed by atoms with Crippen LogP contribution in [0, 0.1) is 6.92 Å². The van der Waals surface area contributed by atoms with Gasteiger partial charge in [-0.2, -0.15) is 0 Å². The van der Waals surface area contributed by atoms with E-state index in [1.807, 2.05) is 37.3 Å². The Hall–Kier alpha value is -6.78. The molecule has 4 heteroatoms. The molecule has 0 fully saturated rings. The lowest BCUT2D eigenvalue weighted by Crippen LogP contribution is -1.97. The summed E-state index contributed by atoms with van der Waals surface area (Å²) in [4.78, 5) is 20.5. The van der Waals surface area contributed by atoms with Gasteiger partial charge in [0.05, 0.1) is 28.1 Å². The molecule has 9 aromatic rings. The normalized spacial score (nSPS) is 11.2. The zero-order valence-corrected chi connectivity index (χ0v) is 28.0. The van der Waals surface area contributed by atoms with Crippen molar-refractivity contribution in [3.8, 4) is 67.4 Å². The molecule has 3 heterocycles. The standard InChI is InChI=1S/C47H32N4/c1-31-20-21-37-26-27-40-41(29-42(34-14-7-3-8-15-34)49-46(40)45(37)48-31)38-18-11-19-39(28-38)47-50-43(35-16-9-4-10-17-35)30-44(51-47)36-24-22-33(23-25-36)32-12-5-2-6-13-32/h2-30H,1H3. The molecule has 6 aromatic carbocycles. The molecule has 4 nitrogen and oxygen atoms in total. The molecule has 0 spiro atoms. The third-order valence-electron chi connectivity index (χ3n) is 9.36. The van der Waals surface area contributed by atoms with Crippen molar-refractivity contribution in [1.29, 1.82) is 0 Å². The van der Waals surface area contributed by atoms with Crippen molar-refractivity contribution < 1.29 is 0 Å². The summed E-state index contributed by atoms with van der Waals surface area (Å²) in [5, 5.41) is 2.12. The number of benzene rings is 6. The Morgan fingerprint density at radius 3 is 1.51 bits per heavy atom. The number of aromatic nitrogens is 4. The number of pyridine rings is 2. The molecule has 0 aliphatic heterocycles. The number of nitrogens with zero attached hydrogens (tertiary/aromatic N) is 4. The van der Waals surface area contributed by atoms with Crippen LogP contribution in [0.15, 0.2) is 176 Å². The van der Waals surface area contributed by atoms with Crippen molar-refractivity contribution in [3.05, 3.63) is 182 Å². The molecule has 0 aliphatic rings. The lowest BCUT2D eigenvalue weighted by atomic mass is 9.95. The fourth-order valence-electron chi connectivity index (χ4n) is 6.74. The molecular formula is C47H32N4. The van der Waals surface area contributed by atoms with Gasteiger partial charge in [-0.15, -0.1) is 0 Å². The van der Waals surface area contributed by atoms with Crippen molar-refractivity contribution in [3.63, 3.8) is 0 Å². The number of hydrogen-bond acceptors (Lipinski definition) is 4. The first-order valence-corrected chi connectivity index (χ1v) is 17.1. The average molecular weight is 653 g/mol. The Labute approximate surface area is 296 Å². The van der Waals surface area contributed by atoms with Crippen molar-refractivity contribution >= 4 is 21.8 Å². The Balaban J connectivity index is 1.21. The monoisotopic (exact) mass is 652 g/mol. The molecule has 0 saturated carbocycles. The summed E-state index contributed by atoms with van der Waals surface area (Å²) in [6.45, 7) is 2.03. The Morgan fingerprint density at radius 1 is 0.333 bits per heavy atom. The molecular weight excluding hydrogens is 621 g/mol. The molecule has 0 saturated heterocycles. The van der Waals surface area contributed by atoms with E-state index >= 15 is 0 Å². The topological polar surface area (TPSA) is 51.6 Å². The maximum atomic E-state index is 5.21. The number of aryl methyl sites for hydroxylation is 1. The van der Waals surface area contributed by atoms with E-state index in [0.717, 1.165) is 78.0 Å². The zero-order valence-electron chi connectivity index (χ0n) is 28.0. The number of rotatable bonds is 6. The van der Waals surface area contributed by atoms with Gasteiger partial charge in [0, 0.05) is 38.7 Å². The Bertz CT molecular complexity index is 2670. The van der Waals surface area contributed by atoms with Crippen LogP contribution >= 0.6 is 0 Å². The van der Waals surface area contributed by atoms with Gasteiger partial charge in [0.15, 0.2) is 5.82 Å². The molecule has 9 rings (SSSR count). The van der Waals surface area contributed by atoms with E-state index in [1.165, 1.54) is 11.1 Å². The quantitative estimate of drug-likeness (QED) is 0.168. The van der Waals surface area contributed by atoms with Crippen LogP contribution in [0.3, 0.4) is 0 Å². The van der Waals surface area contributed by atoms with Gasteiger partial charge in [-0.1, -0.05) is 152 Å². The van der Waals surface area contributed by atoms with Crippen LogP contribution in [0.5, 0.6) is 0 Å². The van der Waals surface area contributed by atoms with Crippen LogP contribution in [0.1, 0.15) is 5.69 Å². The summed E-state index contributed by atoms with van der Waals surface area (Å²) in [6.07, 6.45) is 0. The summed E-state index contributed by atoms with van der Waals surface area (Å²) in [7, 11) is 0. The molecule has 0 amide bonds. The van der Waals surface area contributed by atoms with Gasteiger partial charge in [-0.3, -0.25) is 4.98 Å². The highest BCUT2D eigenvalue weighted by Gasteiger charge is 2.16. The van der Waals surface area contributed by atoms with Crippen LogP contribution in [-0.2, 0) is 0 Å². The first-order valence-electron chi connectivity index (χ1n) is 17.1. The maximum absolute atomic E-state index is 5.21. The van der Waals surface area contributed by atoms with E-state index in [1.54, 1.807) is 0 Å². The molecule has 51 heavy (non-hydrogen) atoms. The van der Waals surface area contributed by atoms with Gasteiger partial charge >= 0.3 is 0 Å². The third kappa shape index (κ3) is 5.94. The summed E-state index contributed by atoms with van der Waals surface area (Å²) in [5.41, 5.74) is 14.0. The van der Waals surface area contributed by atoms with Crippen LogP contribution in [0.25, 0.3) is 89.2 Å². The van der Waals surface area contributed by atoms with Gasteiger partial charge < -0.3 is 0 Å². The zero-order chi connectivity index (χ0) is 34.1. The Morgan fingerprint density at radius 2 is 0.843 bits per heavy atom. The summed E-state index contributed by atoms with van der Waals surface area (Å²) < 4.78 is 0. The lowest BCUT2D eigenvalue weighted by Gasteiger charge is -2.14. The predicted octanol–water partition coefficient (Wildman–Crippen LogP) is 11.9. The van der Waals surface area contributed by atoms with Crippen molar-refractivity contribution in [2.75, 3.05) is 0 Å². The maximum Gasteiger partial charge on any atom is 0.160 e. The molecule has 3 aromatic heterocycles. The molecule has 0 radical (unpaired) electrons.